The number of hydrogen-bond donors (Lipinski definition) is 1. The molecule has 1 aliphatic heterocycles. The van der Waals surface area contributed by atoms with Crippen molar-refractivity contribution in [2.24, 2.45) is 7.05 Å². The van der Waals surface area contributed by atoms with Crippen LogP contribution in [0.5, 0.6) is 0 Å². The molecule has 1 aromatic heterocycles. The van der Waals surface area contributed by atoms with Crippen LogP contribution in [0, 0.1) is 5.82 Å². The number of urea groups is 1. The predicted molar refractivity (Wildman–Crippen MR) is 86.8 cm³/mol. The van der Waals surface area contributed by atoms with Gasteiger partial charge in [0.05, 0.1) is 10.8 Å². The fourth-order valence-electron chi connectivity index (χ4n) is 2.40. The van der Waals surface area contributed by atoms with E-state index in [0.717, 1.165) is 0 Å². The minimum absolute atomic E-state index is 0.287. The van der Waals surface area contributed by atoms with E-state index >= 15 is 0 Å². The smallest absolute Gasteiger partial charge is 0.324 e. The number of carbonyl (C=O) groups is 2. The minimum Gasteiger partial charge on any atom is -0.336 e. The molecule has 1 atom stereocenters. The van der Waals surface area contributed by atoms with Crippen molar-refractivity contribution in [1.82, 2.24) is 25.0 Å². The van der Waals surface area contributed by atoms with Crippen LogP contribution in [0.2, 0.25) is 0 Å². The van der Waals surface area contributed by atoms with Crippen LogP contribution in [0.3, 0.4) is 0 Å². The molecule has 7 nitrogen and oxygen atoms in total. The molecule has 0 aliphatic carbocycles. The number of rotatable bonds is 4. The molecule has 1 fully saturated rings. The van der Waals surface area contributed by atoms with Gasteiger partial charge in [0, 0.05) is 20.1 Å². The van der Waals surface area contributed by atoms with Crippen LogP contribution in [0.15, 0.2) is 29.4 Å². The Bertz CT molecular complexity index is 794. The van der Waals surface area contributed by atoms with E-state index < -0.39 is 5.25 Å². The van der Waals surface area contributed by atoms with Gasteiger partial charge in [-0.05, 0) is 19.1 Å². The lowest BCUT2D eigenvalue weighted by atomic mass is 10.2. The Balaban J connectivity index is 1.78. The molecule has 0 bridgehead atoms. The van der Waals surface area contributed by atoms with E-state index in [9.17, 15) is 14.0 Å². The zero-order valence-corrected chi connectivity index (χ0v) is 14.0. The Kier molecular flexibility index (Phi) is 4.52. The highest BCUT2D eigenvalue weighted by atomic mass is 32.2. The van der Waals surface area contributed by atoms with Crippen molar-refractivity contribution in [3.05, 3.63) is 30.1 Å². The number of amides is 3. The van der Waals surface area contributed by atoms with Crippen LogP contribution in [0.1, 0.15) is 6.92 Å². The molecule has 0 spiro atoms. The number of halogens is 1. The highest BCUT2D eigenvalue weighted by Gasteiger charge is 2.31. The summed E-state index contributed by atoms with van der Waals surface area (Å²) in [5.74, 6) is -0.290. The number of hydrogen-bond acceptors (Lipinski definition) is 5. The predicted octanol–water partition coefficient (Wildman–Crippen LogP) is 1.65. The zero-order chi connectivity index (χ0) is 17.3. The SMILES string of the molecule is C[C@@H](Sc1nnc(-c2ccccc2F)n1C)C(=O)N1CCNC1=O. The van der Waals surface area contributed by atoms with E-state index in [1.54, 1.807) is 36.7 Å². The van der Waals surface area contributed by atoms with Gasteiger partial charge in [-0.25, -0.2) is 9.18 Å². The van der Waals surface area contributed by atoms with E-state index in [1.807, 2.05) is 0 Å². The third-order valence-electron chi connectivity index (χ3n) is 3.70. The Morgan fingerprint density at radius 1 is 1.38 bits per heavy atom. The van der Waals surface area contributed by atoms with Crippen molar-refractivity contribution in [2.75, 3.05) is 13.1 Å². The van der Waals surface area contributed by atoms with Gasteiger partial charge in [0.15, 0.2) is 11.0 Å². The molecule has 3 rings (SSSR count). The number of thioether (sulfide) groups is 1. The summed E-state index contributed by atoms with van der Waals surface area (Å²) in [6.07, 6.45) is 0. The molecule has 1 N–H and O–H groups in total. The van der Waals surface area contributed by atoms with Gasteiger partial charge in [-0.3, -0.25) is 9.69 Å². The quantitative estimate of drug-likeness (QED) is 0.849. The first-order valence-electron chi connectivity index (χ1n) is 7.39. The molecule has 3 amide bonds. The van der Waals surface area contributed by atoms with Crippen LogP contribution >= 0.6 is 11.8 Å². The fourth-order valence-corrected chi connectivity index (χ4v) is 3.28. The monoisotopic (exact) mass is 349 g/mol. The summed E-state index contributed by atoms with van der Waals surface area (Å²) in [6, 6.07) is 5.92. The third kappa shape index (κ3) is 2.99. The number of nitrogens with zero attached hydrogens (tertiary/aromatic N) is 4. The average molecular weight is 349 g/mol. The molecule has 2 aromatic rings. The third-order valence-corrected chi connectivity index (χ3v) is 4.82. The molecular weight excluding hydrogens is 333 g/mol. The van der Waals surface area contributed by atoms with Crippen molar-refractivity contribution in [3.63, 3.8) is 0 Å². The molecule has 1 aromatic carbocycles. The summed E-state index contributed by atoms with van der Waals surface area (Å²) in [7, 11) is 1.71. The minimum atomic E-state index is -0.509. The van der Waals surface area contributed by atoms with Gasteiger partial charge in [0.1, 0.15) is 5.82 Å². The van der Waals surface area contributed by atoms with Crippen LogP contribution in [-0.2, 0) is 11.8 Å². The fraction of sp³-hybridized carbons (Fsp3) is 0.333. The Morgan fingerprint density at radius 3 is 2.79 bits per heavy atom. The van der Waals surface area contributed by atoms with Crippen LogP contribution < -0.4 is 5.32 Å². The molecule has 24 heavy (non-hydrogen) atoms. The summed E-state index contributed by atoms with van der Waals surface area (Å²) in [5.41, 5.74) is 0.345. The second kappa shape index (κ2) is 6.60. The maximum absolute atomic E-state index is 13.9. The molecule has 1 saturated heterocycles. The normalized spacial score (nSPS) is 15.5. The molecule has 0 unspecified atom stereocenters. The maximum atomic E-state index is 13.9. The Morgan fingerprint density at radius 2 is 2.12 bits per heavy atom. The molecule has 9 heteroatoms. The van der Waals surface area contributed by atoms with Crippen LogP contribution in [0.4, 0.5) is 9.18 Å². The summed E-state index contributed by atoms with van der Waals surface area (Å²) in [5, 5.41) is 10.6. The Labute approximate surface area is 142 Å². The second-order valence-electron chi connectivity index (χ2n) is 5.33. The maximum Gasteiger partial charge on any atom is 0.324 e. The number of carbonyl (C=O) groups excluding carboxylic acids is 2. The molecular formula is C15H16FN5O2S. The van der Waals surface area contributed by atoms with Gasteiger partial charge in [-0.15, -0.1) is 10.2 Å². The second-order valence-corrected chi connectivity index (χ2v) is 6.63. The van der Waals surface area contributed by atoms with Crippen molar-refractivity contribution in [2.45, 2.75) is 17.3 Å². The van der Waals surface area contributed by atoms with Gasteiger partial charge in [0.25, 0.3) is 0 Å². The van der Waals surface area contributed by atoms with Gasteiger partial charge < -0.3 is 9.88 Å². The van der Waals surface area contributed by atoms with Crippen LogP contribution in [0.25, 0.3) is 11.4 Å². The number of nitrogens with one attached hydrogen (secondary N) is 1. The lowest BCUT2D eigenvalue weighted by molar-refractivity contribution is -0.126. The lowest BCUT2D eigenvalue weighted by Gasteiger charge is -2.16. The highest BCUT2D eigenvalue weighted by molar-refractivity contribution is 8.00. The van der Waals surface area contributed by atoms with E-state index in [-0.39, 0.29) is 17.8 Å². The van der Waals surface area contributed by atoms with E-state index in [2.05, 4.69) is 15.5 Å². The van der Waals surface area contributed by atoms with Crippen molar-refractivity contribution < 1.29 is 14.0 Å². The van der Waals surface area contributed by atoms with Gasteiger partial charge in [-0.1, -0.05) is 23.9 Å². The first-order chi connectivity index (χ1) is 11.5. The number of benzene rings is 1. The summed E-state index contributed by atoms with van der Waals surface area (Å²) < 4.78 is 15.5. The molecule has 1 aliphatic rings. The van der Waals surface area contributed by atoms with Crippen molar-refractivity contribution >= 4 is 23.7 Å². The van der Waals surface area contributed by atoms with Gasteiger partial charge >= 0.3 is 6.03 Å². The average Bonchev–Trinajstić information content (AvgIpc) is 3.14. The summed E-state index contributed by atoms with van der Waals surface area (Å²) >= 11 is 1.18. The van der Waals surface area contributed by atoms with Gasteiger partial charge in [-0.2, -0.15) is 0 Å². The number of imide groups is 1. The van der Waals surface area contributed by atoms with E-state index in [0.29, 0.717) is 29.6 Å². The van der Waals surface area contributed by atoms with Gasteiger partial charge in [0.2, 0.25) is 5.91 Å². The zero-order valence-electron chi connectivity index (χ0n) is 13.2. The summed E-state index contributed by atoms with van der Waals surface area (Å²) in [6.45, 7) is 2.53. The first kappa shape index (κ1) is 16.4. The molecule has 126 valence electrons. The standard InChI is InChI=1S/C15H16FN5O2S/c1-9(13(22)21-8-7-17-14(21)23)24-15-19-18-12(20(15)2)10-5-3-4-6-11(10)16/h3-6,9H,7-8H2,1-2H3,(H,17,23)/t9-/m1/s1. The lowest BCUT2D eigenvalue weighted by Crippen LogP contribution is -2.39. The molecule has 2 heterocycles. The highest BCUT2D eigenvalue weighted by Crippen LogP contribution is 2.27. The number of aromatic nitrogens is 3. The molecule has 0 radical (unpaired) electrons. The molecule has 0 saturated carbocycles. The topological polar surface area (TPSA) is 80.1 Å². The van der Waals surface area contributed by atoms with E-state index in [1.165, 1.54) is 22.7 Å². The first-order valence-corrected chi connectivity index (χ1v) is 8.27. The largest absolute Gasteiger partial charge is 0.336 e. The van der Waals surface area contributed by atoms with Crippen molar-refractivity contribution in [3.8, 4) is 11.4 Å². The summed E-state index contributed by atoms with van der Waals surface area (Å²) in [4.78, 5) is 25.1. The Hall–Kier alpha value is -2.42. The van der Waals surface area contributed by atoms with E-state index in [4.69, 9.17) is 0 Å². The van der Waals surface area contributed by atoms with Crippen LogP contribution in [-0.4, -0.2) is 49.9 Å². The van der Waals surface area contributed by atoms with Crippen molar-refractivity contribution in [1.29, 1.82) is 0 Å².